The number of carbonyl (C=O) groups excluding carboxylic acids is 1. The molecule has 4 aliphatic rings. The lowest BCUT2D eigenvalue weighted by atomic mass is 9.75. The number of aromatic nitrogens is 1. The molecule has 142 valence electrons. The molecule has 0 saturated carbocycles. The smallest absolute Gasteiger partial charge is 0.266 e. The van der Waals surface area contributed by atoms with Crippen LogP contribution in [0.1, 0.15) is 39.7 Å². The number of benzene rings is 1. The van der Waals surface area contributed by atoms with Gasteiger partial charge in [0.15, 0.2) is 0 Å². The fourth-order valence-corrected chi connectivity index (χ4v) is 6.19. The minimum Gasteiger partial charge on any atom is -0.497 e. The van der Waals surface area contributed by atoms with Gasteiger partial charge < -0.3 is 9.64 Å². The summed E-state index contributed by atoms with van der Waals surface area (Å²) in [6.07, 6.45) is 2.42. The van der Waals surface area contributed by atoms with E-state index in [0.717, 1.165) is 22.9 Å². The second-order valence-corrected chi connectivity index (χ2v) is 8.81. The zero-order chi connectivity index (χ0) is 18.5. The number of ether oxygens (including phenoxy) is 1. The van der Waals surface area contributed by atoms with Gasteiger partial charge in [-0.15, -0.1) is 11.3 Å². The largest absolute Gasteiger partial charge is 0.497 e. The highest BCUT2D eigenvalue weighted by Gasteiger charge is 2.54. The number of amides is 1. The topological polar surface area (TPSA) is 45.7 Å². The molecule has 0 spiro atoms. The Kier molecular flexibility index (Phi) is 4.20. The maximum absolute atomic E-state index is 13.4. The second kappa shape index (κ2) is 6.60. The Morgan fingerprint density at radius 1 is 1.19 bits per heavy atom. The van der Waals surface area contributed by atoms with Crippen LogP contribution in [0.2, 0.25) is 0 Å². The lowest BCUT2D eigenvalue weighted by Gasteiger charge is -2.51. The Hall–Kier alpha value is -1.92. The summed E-state index contributed by atoms with van der Waals surface area (Å²) in [5.41, 5.74) is 3.96. The van der Waals surface area contributed by atoms with E-state index in [1.807, 2.05) is 19.1 Å². The van der Waals surface area contributed by atoms with Crippen molar-refractivity contribution in [3.8, 4) is 5.75 Å². The summed E-state index contributed by atoms with van der Waals surface area (Å²) < 4.78 is 5.33. The number of hydrogen-bond donors (Lipinski definition) is 0. The van der Waals surface area contributed by atoms with Gasteiger partial charge in [0.2, 0.25) is 0 Å². The zero-order valence-electron chi connectivity index (χ0n) is 15.8. The molecular weight excluding hydrogens is 358 g/mol. The fourth-order valence-electron chi connectivity index (χ4n) is 5.44. The molecule has 4 aliphatic heterocycles. The van der Waals surface area contributed by atoms with Crippen LogP contribution in [-0.4, -0.2) is 59.5 Å². The highest BCUT2D eigenvalue weighted by molar-refractivity contribution is 7.11. The molecule has 4 saturated heterocycles. The number of piperidine rings is 3. The van der Waals surface area contributed by atoms with Crippen molar-refractivity contribution in [1.82, 2.24) is 14.8 Å². The Balaban J connectivity index is 1.51. The Morgan fingerprint density at radius 3 is 2.56 bits per heavy atom. The van der Waals surface area contributed by atoms with Crippen LogP contribution in [0.4, 0.5) is 0 Å². The van der Waals surface area contributed by atoms with Gasteiger partial charge in [0.1, 0.15) is 10.6 Å². The third-order valence-corrected chi connectivity index (χ3v) is 7.66. The lowest BCUT2D eigenvalue weighted by molar-refractivity contribution is -0.00328. The van der Waals surface area contributed by atoms with Crippen molar-refractivity contribution in [2.75, 3.05) is 26.7 Å². The van der Waals surface area contributed by atoms with Gasteiger partial charge >= 0.3 is 0 Å². The van der Waals surface area contributed by atoms with Crippen LogP contribution in [0.3, 0.4) is 0 Å². The molecule has 1 aromatic heterocycles. The van der Waals surface area contributed by atoms with E-state index in [4.69, 9.17) is 4.74 Å². The molecule has 5 nitrogen and oxygen atoms in total. The van der Waals surface area contributed by atoms with Gasteiger partial charge in [0.25, 0.3) is 5.91 Å². The average molecular weight is 384 g/mol. The third-order valence-electron chi connectivity index (χ3n) is 6.74. The van der Waals surface area contributed by atoms with E-state index >= 15 is 0 Å². The van der Waals surface area contributed by atoms with Crippen molar-refractivity contribution in [3.05, 3.63) is 45.9 Å². The molecule has 2 bridgehead atoms. The monoisotopic (exact) mass is 383 g/mol. The Labute approximate surface area is 164 Å². The van der Waals surface area contributed by atoms with Crippen molar-refractivity contribution in [1.29, 1.82) is 0 Å². The van der Waals surface area contributed by atoms with E-state index in [1.54, 1.807) is 12.6 Å². The molecule has 27 heavy (non-hydrogen) atoms. The minimum absolute atomic E-state index is 0.176. The molecule has 5 heterocycles. The average Bonchev–Trinajstić information content (AvgIpc) is 3.34. The summed E-state index contributed by atoms with van der Waals surface area (Å²) in [6.45, 7) is 5.07. The molecular formula is C21H25N3O2S. The summed E-state index contributed by atoms with van der Waals surface area (Å²) in [6, 6.07) is 9.19. The normalized spacial score (nSPS) is 31.8. The Morgan fingerprint density at radius 2 is 1.93 bits per heavy atom. The molecule has 0 radical (unpaired) electrons. The predicted molar refractivity (Wildman–Crippen MR) is 105 cm³/mol. The number of hydrogen-bond acceptors (Lipinski definition) is 5. The molecule has 0 unspecified atom stereocenters. The molecule has 0 N–H and O–H groups in total. The second-order valence-electron chi connectivity index (χ2n) is 7.96. The van der Waals surface area contributed by atoms with Crippen LogP contribution in [0.25, 0.3) is 0 Å². The van der Waals surface area contributed by atoms with Gasteiger partial charge in [-0.1, -0.05) is 12.1 Å². The third kappa shape index (κ3) is 2.69. The van der Waals surface area contributed by atoms with Gasteiger partial charge in [-0.2, -0.15) is 0 Å². The van der Waals surface area contributed by atoms with Crippen molar-refractivity contribution < 1.29 is 9.53 Å². The van der Waals surface area contributed by atoms with Crippen molar-refractivity contribution >= 4 is 17.2 Å². The SMILES string of the molecule is COc1ccc([C@H]2CN(C(=O)c3scnc3C)[C@H]3C4CCN(CC4)[C@@H]23)cc1. The number of likely N-dealkylation sites (tertiary alicyclic amines) is 1. The van der Waals surface area contributed by atoms with Gasteiger partial charge in [-0.3, -0.25) is 9.69 Å². The van der Waals surface area contributed by atoms with E-state index in [1.165, 1.54) is 42.8 Å². The van der Waals surface area contributed by atoms with E-state index < -0.39 is 0 Å². The number of methoxy groups -OCH3 is 1. The highest BCUT2D eigenvalue weighted by atomic mass is 32.1. The molecule has 2 aromatic rings. The molecule has 0 aliphatic carbocycles. The zero-order valence-corrected chi connectivity index (χ0v) is 16.6. The highest BCUT2D eigenvalue weighted by Crippen LogP contribution is 2.47. The first-order valence-electron chi connectivity index (χ1n) is 9.76. The van der Waals surface area contributed by atoms with Crippen LogP contribution in [-0.2, 0) is 0 Å². The van der Waals surface area contributed by atoms with Gasteiger partial charge in [-0.05, 0) is 56.5 Å². The van der Waals surface area contributed by atoms with Crippen LogP contribution in [0.5, 0.6) is 5.75 Å². The molecule has 6 heteroatoms. The van der Waals surface area contributed by atoms with Crippen LogP contribution in [0.15, 0.2) is 29.8 Å². The number of carbonyl (C=O) groups is 1. The van der Waals surface area contributed by atoms with Crippen LogP contribution in [0, 0.1) is 12.8 Å². The maximum atomic E-state index is 13.4. The van der Waals surface area contributed by atoms with Crippen molar-refractivity contribution in [3.63, 3.8) is 0 Å². The summed E-state index contributed by atoms with van der Waals surface area (Å²) in [7, 11) is 1.70. The maximum Gasteiger partial charge on any atom is 0.266 e. The van der Waals surface area contributed by atoms with Crippen LogP contribution >= 0.6 is 11.3 Å². The minimum atomic E-state index is 0.176. The lowest BCUT2D eigenvalue weighted by Crippen LogP contribution is -2.60. The first-order chi connectivity index (χ1) is 13.2. The molecule has 1 aromatic carbocycles. The van der Waals surface area contributed by atoms with Gasteiger partial charge in [-0.25, -0.2) is 4.98 Å². The molecule has 6 rings (SSSR count). The van der Waals surface area contributed by atoms with Crippen molar-refractivity contribution in [2.24, 2.45) is 5.92 Å². The van der Waals surface area contributed by atoms with Crippen molar-refractivity contribution in [2.45, 2.75) is 37.8 Å². The number of rotatable bonds is 3. The Bertz CT molecular complexity index is 841. The first kappa shape index (κ1) is 17.2. The van der Waals surface area contributed by atoms with Gasteiger partial charge in [0, 0.05) is 18.5 Å². The first-order valence-corrected chi connectivity index (χ1v) is 10.6. The van der Waals surface area contributed by atoms with Crippen LogP contribution < -0.4 is 4.74 Å². The number of fused-ring (bicyclic) bond motifs is 2. The number of nitrogens with zero attached hydrogens (tertiary/aromatic N) is 3. The quantitative estimate of drug-likeness (QED) is 0.817. The summed E-state index contributed by atoms with van der Waals surface area (Å²) in [4.78, 5) is 23.3. The summed E-state index contributed by atoms with van der Waals surface area (Å²) >= 11 is 1.47. The molecule has 3 atom stereocenters. The predicted octanol–water partition coefficient (Wildman–Crippen LogP) is 3.16. The number of thiazole rings is 1. The van der Waals surface area contributed by atoms with E-state index in [9.17, 15) is 4.79 Å². The summed E-state index contributed by atoms with van der Waals surface area (Å²) in [5.74, 6) is 2.04. The standard InChI is InChI=1S/C21H25N3O2S/c1-13-20(27-12-22-13)21(25)24-11-17(14-3-5-16(26-2)6-4-14)19-18(24)15-7-9-23(19)10-8-15/h3-6,12,15,17-19H,7-11H2,1-2H3/t17-,18+,19+/m1/s1. The molecule has 1 amide bonds. The van der Waals surface area contributed by atoms with Gasteiger partial charge in [0.05, 0.1) is 24.4 Å². The van der Waals surface area contributed by atoms with E-state index in [2.05, 4.69) is 26.9 Å². The van der Waals surface area contributed by atoms with E-state index in [-0.39, 0.29) is 5.91 Å². The van der Waals surface area contributed by atoms with E-state index in [0.29, 0.717) is 23.9 Å². The fraction of sp³-hybridized carbons (Fsp3) is 0.524. The summed E-state index contributed by atoms with van der Waals surface area (Å²) in [5, 5.41) is 0. The number of aryl methyl sites for hydroxylation is 1. The molecule has 4 fully saturated rings.